The van der Waals surface area contributed by atoms with Crippen molar-refractivity contribution in [3.05, 3.63) is 34.9 Å². The molecule has 7 rings (SSSR count). The molecule has 0 radical (unpaired) electrons. The number of rotatable bonds is 13. The van der Waals surface area contributed by atoms with Crippen LogP contribution in [0.2, 0.25) is 5.02 Å². The number of amides is 2. The molecule has 61 heavy (non-hydrogen) atoms. The Kier molecular flexibility index (Phi) is 13.1. The number of carbonyl (C=O) groups is 3. The van der Waals surface area contributed by atoms with Gasteiger partial charge in [-0.3, -0.25) is 19.9 Å². The van der Waals surface area contributed by atoms with Gasteiger partial charge in [0.15, 0.2) is 10.9 Å². The van der Waals surface area contributed by atoms with E-state index in [9.17, 15) is 14.4 Å². The van der Waals surface area contributed by atoms with Gasteiger partial charge in [0.05, 0.1) is 40.4 Å². The second-order valence-corrected chi connectivity index (χ2v) is 19.0. The first-order chi connectivity index (χ1) is 28.8. The number of fused-ring (bicyclic) bond motifs is 4. The number of nitrogens with zero attached hydrogens (tertiary/aromatic N) is 6. The van der Waals surface area contributed by atoms with Crippen LogP contribution in [0.4, 0.5) is 29.3 Å². The van der Waals surface area contributed by atoms with Crippen LogP contribution in [0.5, 0.6) is 6.01 Å². The first-order valence-electron chi connectivity index (χ1n) is 20.6. The Morgan fingerprint density at radius 1 is 0.967 bits per heavy atom. The molecular weight excluding hydrogens is 836 g/mol. The van der Waals surface area contributed by atoms with E-state index in [-0.39, 0.29) is 86.9 Å². The third-order valence-corrected chi connectivity index (χ3v) is 12.0. The van der Waals surface area contributed by atoms with E-state index in [0.29, 0.717) is 37.3 Å². The summed E-state index contributed by atoms with van der Waals surface area (Å²) in [7, 11) is 0. The number of hydrogen-bond donors (Lipinski definition) is 2. The number of piperazine rings is 1. The van der Waals surface area contributed by atoms with Crippen LogP contribution in [-0.2, 0) is 19.0 Å². The van der Waals surface area contributed by atoms with Crippen molar-refractivity contribution >= 4 is 73.2 Å². The Labute approximate surface area is 361 Å². The predicted octanol–water partition coefficient (Wildman–Crippen LogP) is 8.50. The van der Waals surface area contributed by atoms with Crippen LogP contribution >= 0.6 is 22.9 Å². The fourth-order valence-electron chi connectivity index (χ4n) is 8.20. The summed E-state index contributed by atoms with van der Waals surface area (Å²) < 4.78 is 55.6. The lowest BCUT2D eigenvalue weighted by atomic mass is 10.0. The van der Waals surface area contributed by atoms with Crippen LogP contribution in [0.3, 0.4) is 0 Å². The van der Waals surface area contributed by atoms with Gasteiger partial charge in [-0.1, -0.05) is 22.9 Å². The number of carboxylic acid groups (broad SMARTS) is 1. The average molecular weight is 888 g/mol. The van der Waals surface area contributed by atoms with Gasteiger partial charge < -0.3 is 29.0 Å². The van der Waals surface area contributed by atoms with Gasteiger partial charge >= 0.3 is 24.2 Å². The first kappa shape index (κ1) is 44.4. The molecule has 0 saturated carbocycles. The predicted molar refractivity (Wildman–Crippen MR) is 228 cm³/mol. The molecule has 5 heterocycles. The summed E-state index contributed by atoms with van der Waals surface area (Å²) in [6.07, 6.45) is 2.85. The lowest BCUT2D eigenvalue weighted by molar-refractivity contribution is -0.138. The van der Waals surface area contributed by atoms with Crippen LogP contribution in [0.25, 0.3) is 32.2 Å². The van der Waals surface area contributed by atoms with Gasteiger partial charge in [0.1, 0.15) is 35.0 Å². The molecule has 3 aliphatic rings. The first-order valence-corrected chi connectivity index (χ1v) is 21.8. The number of halogens is 3. The molecule has 2 aromatic heterocycles. The van der Waals surface area contributed by atoms with Crippen LogP contribution in [-0.4, -0.2) is 123 Å². The number of hydrogen-bond acceptors (Lipinski definition) is 13. The number of thiazole rings is 1. The maximum Gasteiger partial charge on any atom is 0.413 e. The third kappa shape index (κ3) is 10.4. The standard InChI is InChI=1S/C42H52ClF2N7O8S/c1-41(2,3)59-39(55)49-38-47-34-26(12-13-29(44)35(34)61-38)31-28(43)19-27-33(32(31)45)46-37(58-22-25-9-7-15-50(25)16-8-17-57-18-14-30(53)54)48-36(27)51-20-23-10-11-24(21-51)52(23)40(56)60-42(4,5)6/h12-13,19,23-25H,7-11,14-18,20-22H2,1-6H3,(H,53,54)(H,47,49,55)/t23?,24?,25-/m0/s1. The zero-order valence-corrected chi connectivity index (χ0v) is 36.8. The number of aromatic nitrogens is 3. The Balaban J connectivity index is 1.22. The summed E-state index contributed by atoms with van der Waals surface area (Å²) in [5.74, 6) is -1.91. The summed E-state index contributed by atoms with van der Waals surface area (Å²) >= 11 is 7.86. The minimum Gasteiger partial charge on any atom is -0.481 e. The molecule has 2 bridgehead atoms. The van der Waals surface area contributed by atoms with Gasteiger partial charge in [-0.05, 0) is 98.4 Å². The Morgan fingerprint density at radius 3 is 2.38 bits per heavy atom. The van der Waals surface area contributed by atoms with Crippen LogP contribution in [0.15, 0.2) is 18.2 Å². The van der Waals surface area contributed by atoms with Crippen molar-refractivity contribution < 1.29 is 47.2 Å². The molecule has 2 amide bonds. The van der Waals surface area contributed by atoms with Crippen molar-refractivity contribution in [3.63, 3.8) is 0 Å². The fraction of sp³-hybridized carbons (Fsp3) is 0.571. The summed E-state index contributed by atoms with van der Waals surface area (Å²) in [5, 5.41) is 11.8. The molecule has 4 aromatic rings. The maximum atomic E-state index is 17.4. The lowest BCUT2D eigenvalue weighted by Gasteiger charge is -2.42. The number of anilines is 2. The monoisotopic (exact) mass is 887 g/mol. The topological polar surface area (TPSA) is 169 Å². The molecule has 3 aliphatic heterocycles. The maximum absolute atomic E-state index is 17.4. The van der Waals surface area contributed by atoms with E-state index in [1.807, 2.05) is 25.7 Å². The largest absolute Gasteiger partial charge is 0.481 e. The van der Waals surface area contributed by atoms with Crippen LogP contribution < -0.4 is 15.0 Å². The Hall–Kier alpha value is -4.65. The van der Waals surface area contributed by atoms with Gasteiger partial charge in [0.2, 0.25) is 0 Å². The highest BCUT2D eigenvalue weighted by molar-refractivity contribution is 7.22. The van der Waals surface area contributed by atoms with Crippen molar-refractivity contribution in [2.24, 2.45) is 0 Å². The van der Waals surface area contributed by atoms with E-state index in [1.165, 1.54) is 12.1 Å². The van der Waals surface area contributed by atoms with Crippen molar-refractivity contribution in [2.75, 3.05) is 56.2 Å². The zero-order valence-electron chi connectivity index (χ0n) is 35.2. The molecular formula is C42H52ClF2N7O8S. The minimum atomic E-state index is -0.902. The lowest BCUT2D eigenvalue weighted by Crippen LogP contribution is -2.57. The minimum absolute atomic E-state index is 0.00924. The quantitative estimate of drug-likeness (QED) is 0.123. The molecule has 2 aromatic carbocycles. The molecule has 2 N–H and O–H groups in total. The molecule has 0 spiro atoms. The smallest absolute Gasteiger partial charge is 0.413 e. The molecule has 15 nitrogen and oxygen atoms in total. The molecule has 3 fully saturated rings. The van der Waals surface area contributed by atoms with E-state index >= 15 is 8.78 Å². The number of carboxylic acids is 1. The average Bonchev–Trinajstić information content (AvgIpc) is 3.87. The van der Waals surface area contributed by atoms with Crippen molar-refractivity contribution in [3.8, 4) is 17.1 Å². The third-order valence-electron chi connectivity index (χ3n) is 10.7. The highest BCUT2D eigenvalue weighted by Crippen LogP contribution is 2.44. The van der Waals surface area contributed by atoms with E-state index in [2.05, 4.69) is 20.2 Å². The summed E-state index contributed by atoms with van der Waals surface area (Å²) in [5.41, 5.74) is -1.30. The number of nitrogens with one attached hydrogen (secondary N) is 1. The van der Waals surface area contributed by atoms with Crippen LogP contribution in [0.1, 0.15) is 80.1 Å². The van der Waals surface area contributed by atoms with E-state index in [4.69, 9.17) is 40.6 Å². The summed E-state index contributed by atoms with van der Waals surface area (Å²) in [6.45, 7) is 13.8. The van der Waals surface area contributed by atoms with Gasteiger partial charge in [-0.2, -0.15) is 9.97 Å². The van der Waals surface area contributed by atoms with E-state index < -0.39 is 34.9 Å². The van der Waals surface area contributed by atoms with Gasteiger partial charge in [-0.15, -0.1) is 0 Å². The Bertz CT molecular complexity index is 2290. The number of likely N-dealkylation sites (tertiary alicyclic amines) is 1. The van der Waals surface area contributed by atoms with E-state index in [0.717, 1.165) is 50.1 Å². The van der Waals surface area contributed by atoms with Crippen LogP contribution in [0, 0.1) is 11.6 Å². The number of ether oxygens (including phenoxy) is 4. The number of benzene rings is 2. The van der Waals surface area contributed by atoms with Crippen molar-refractivity contribution in [2.45, 2.75) is 109 Å². The number of carbonyl (C=O) groups excluding carboxylic acids is 2. The van der Waals surface area contributed by atoms with Gasteiger partial charge in [-0.25, -0.2) is 23.4 Å². The molecule has 3 atom stereocenters. The molecule has 0 aliphatic carbocycles. The molecule has 3 saturated heterocycles. The van der Waals surface area contributed by atoms with Gasteiger partial charge in [0, 0.05) is 48.8 Å². The second kappa shape index (κ2) is 18.0. The summed E-state index contributed by atoms with van der Waals surface area (Å²) in [4.78, 5) is 56.8. The summed E-state index contributed by atoms with van der Waals surface area (Å²) in [6, 6.07) is 3.82. The molecule has 19 heteroatoms. The molecule has 2 unspecified atom stereocenters. The highest BCUT2D eigenvalue weighted by Gasteiger charge is 2.45. The molecule has 330 valence electrons. The number of aliphatic carboxylic acids is 1. The van der Waals surface area contributed by atoms with Crippen molar-refractivity contribution in [1.29, 1.82) is 0 Å². The van der Waals surface area contributed by atoms with Gasteiger partial charge in [0.25, 0.3) is 0 Å². The zero-order chi connectivity index (χ0) is 43.8. The highest BCUT2D eigenvalue weighted by atomic mass is 35.5. The Morgan fingerprint density at radius 2 is 1.69 bits per heavy atom. The fourth-order valence-corrected chi connectivity index (χ4v) is 9.38. The van der Waals surface area contributed by atoms with Crippen molar-refractivity contribution in [1.82, 2.24) is 24.8 Å². The van der Waals surface area contributed by atoms with E-state index in [1.54, 1.807) is 31.7 Å². The second-order valence-electron chi connectivity index (χ2n) is 17.6. The SMILES string of the molecule is CC(C)(C)OC(=O)Nc1nc2c(-c3c(Cl)cc4c(N5CC6CCC(C5)N6C(=O)OC(C)(C)C)nc(OC[C@@H]5CCCN5CCCOCCC(=O)O)nc4c3F)ccc(F)c2s1. The normalized spacial score (nSPS) is 19.5.